The molecule has 1 aliphatic rings. The maximum absolute atomic E-state index is 6.45. The molecule has 0 amide bonds. The first-order valence-corrected chi connectivity index (χ1v) is 11.4. The van der Waals surface area contributed by atoms with Crippen LogP contribution < -0.4 is 0 Å². The van der Waals surface area contributed by atoms with Gasteiger partial charge in [0.25, 0.3) is 0 Å². The lowest BCUT2D eigenvalue weighted by atomic mass is 9.77. The van der Waals surface area contributed by atoms with E-state index in [1.807, 2.05) is 0 Å². The molecule has 1 saturated heterocycles. The highest BCUT2D eigenvalue weighted by Crippen LogP contribution is 2.39. The summed E-state index contributed by atoms with van der Waals surface area (Å²) in [6.45, 7) is 12.5. The molecule has 1 rings (SSSR count). The fourth-order valence-corrected chi connectivity index (χ4v) is 3.68. The minimum absolute atomic E-state index is 0.293. The molecule has 0 aliphatic carbocycles. The standard InChI is InChI=1S/C13H25BCl2O2Si/c1-12(2)13(3,4)18-14(17-12)11(8-7-9-15)10-19(5,6)16/h10H,7-9H2,1-6H3/b11-10-. The van der Waals surface area contributed by atoms with Gasteiger partial charge in [0.15, 0.2) is 7.38 Å². The number of hydrogen-bond acceptors (Lipinski definition) is 2. The third-order valence-electron chi connectivity index (χ3n) is 3.68. The molecule has 0 aromatic carbocycles. The minimum atomic E-state index is -1.82. The van der Waals surface area contributed by atoms with Crippen LogP contribution in [0.25, 0.3) is 0 Å². The summed E-state index contributed by atoms with van der Waals surface area (Å²) in [7, 11) is -2.12. The van der Waals surface area contributed by atoms with E-state index in [1.54, 1.807) is 0 Å². The van der Waals surface area contributed by atoms with Gasteiger partial charge in [0.1, 0.15) is 0 Å². The van der Waals surface area contributed by atoms with Crippen LogP contribution in [-0.4, -0.2) is 31.6 Å². The van der Waals surface area contributed by atoms with Crippen LogP contribution in [0.1, 0.15) is 40.5 Å². The van der Waals surface area contributed by atoms with Crippen molar-refractivity contribution < 1.29 is 9.31 Å². The second kappa shape index (κ2) is 6.10. The summed E-state index contributed by atoms with van der Waals surface area (Å²) in [6, 6.07) is 0. The molecule has 0 bridgehead atoms. The van der Waals surface area contributed by atoms with Gasteiger partial charge in [-0.05, 0) is 46.0 Å². The van der Waals surface area contributed by atoms with Crippen LogP contribution in [0.3, 0.4) is 0 Å². The molecule has 6 heteroatoms. The first kappa shape index (κ1) is 17.6. The zero-order valence-corrected chi connectivity index (χ0v) is 15.4. The maximum Gasteiger partial charge on any atom is 0.489 e. The van der Waals surface area contributed by atoms with Crippen LogP contribution in [0.15, 0.2) is 11.2 Å². The third kappa shape index (κ3) is 4.78. The van der Waals surface area contributed by atoms with Crippen LogP contribution in [0, 0.1) is 0 Å². The lowest BCUT2D eigenvalue weighted by Crippen LogP contribution is -2.41. The van der Waals surface area contributed by atoms with Crippen molar-refractivity contribution in [2.75, 3.05) is 5.88 Å². The summed E-state index contributed by atoms with van der Waals surface area (Å²) in [4.78, 5) is 0. The zero-order chi connectivity index (χ0) is 14.9. The Morgan fingerprint density at radius 3 is 2.00 bits per heavy atom. The van der Waals surface area contributed by atoms with E-state index in [2.05, 4.69) is 46.5 Å². The van der Waals surface area contributed by atoms with Gasteiger partial charge in [-0.1, -0.05) is 18.8 Å². The predicted octanol–water partition coefficient (Wildman–Crippen LogP) is 4.55. The average molecular weight is 323 g/mol. The maximum atomic E-state index is 6.45. The molecule has 0 N–H and O–H groups in total. The van der Waals surface area contributed by atoms with Gasteiger partial charge in [-0.3, -0.25) is 0 Å². The molecule has 1 heterocycles. The Kier molecular flexibility index (Phi) is 5.65. The molecule has 0 atom stereocenters. The van der Waals surface area contributed by atoms with Gasteiger partial charge in [-0.2, -0.15) is 11.1 Å². The number of alkyl halides is 1. The van der Waals surface area contributed by atoms with Gasteiger partial charge < -0.3 is 9.31 Å². The van der Waals surface area contributed by atoms with Crippen LogP contribution in [0.4, 0.5) is 0 Å². The van der Waals surface area contributed by atoms with Crippen LogP contribution in [0.5, 0.6) is 0 Å². The molecule has 0 unspecified atom stereocenters. The highest BCUT2D eigenvalue weighted by atomic mass is 35.6. The van der Waals surface area contributed by atoms with Crippen molar-refractivity contribution in [3.05, 3.63) is 11.2 Å². The Hall–Kier alpha value is 0.522. The molecule has 19 heavy (non-hydrogen) atoms. The van der Waals surface area contributed by atoms with Gasteiger partial charge in [-0.25, -0.2) is 0 Å². The highest BCUT2D eigenvalue weighted by molar-refractivity contribution is 7.22. The van der Waals surface area contributed by atoms with E-state index in [9.17, 15) is 0 Å². The van der Waals surface area contributed by atoms with Crippen molar-refractivity contribution in [1.82, 2.24) is 0 Å². The lowest BCUT2D eigenvalue weighted by Gasteiger charge is -2.32. The van der Waals surface area contributed by atoms with Crippen molar-refractivity contribution in [3.63, 3.8) is 0 Å². The molecule has 0 spiro atoms. The summed E-state index contributed by atoms with van der Waals surface area (Å²) in [5.74, 6) is 0.640. The molecule has 110 valence electrons. The van der Waals surface area contributed by atoms with E-state index in [0.717, 1.165) is 18.3 Å². The van der Waals surface area contributed by atoms with Crippen molar-refractivity contribution in [3.8, 4) is 0 Å². The molecule has 1 fully saturated rings. The topological polar surface area (TPSA) is 18.5 Å². The second-order valence-electron chi connectivity index (χ2n) is 6.66. The van der Waals surface area contributed by atoms with Crippen LogP contribution in [-0.2, 0) is 9.31 Å². The Bertz CT molecular complexity index is 335. The number of allylic oxidation sites excluding steroid dienone is 1. The van der Waals surface area contributed by atoms with E-state index in [4.69, 9.17) is 32.0 Å². The van der Waals surface area contributed by atoms with E-state index in [0.29, 0.717) is 5.88 Å². The van der Waals surface area contributed by atoms with Gasteiger partial charge in [0.2, 0.25) is 0 Å². The number of hydrogen-bond donors (Lipinski definition) is 0. The van der Waals surface area contributed by atoms with Gasteiger partial charge in [0.05, 0.1) is 11.2 Å². The fourth-order valence-electron chi connectivity index (χ4n) is 1.96. The average Bonchev–Trinajstić information content (AvgIpc) is 2.41. The van der Waals surface area contributed by atoms with E-state index in [-0.39, 0.29) is 18.3 Å². The number of halogens is 2. The summed E-state index contributed by atoms with van der Waals surface area (Å²) in [5.41, 5.74) is 2.69. The minimum Gasteiger partial charge on any atom is -0.400 e. The molecule has 0 radical (unpaired) electrons. The van der Waals surface area contributed by atoms with E-state index in [1.165, 1.54) is 0 Å². The van der Waals surface area contributed by atoms with Crippen molar-refractivity contribution in [1.29, 1.82) is 0 Å². The summed E-state index contributed by atoms with van der Waals surface area (Å²) >= 11 is 12.3. The molecule has 2 nitrogen and oxygen atoms in total. The molecule has 0 aromatic rings. The van der Waals surface area contributed by atoms with Crippen molar-refractivity contribution >= 4 is 37.2 Å². The van der Waals surface area contributed by atoms with Crippen molar-refractivity contribution in [2.45, 2.75) is 64.8 Å². The Morgan fingerprint density at radius 2 is 1.63 bits per heavy atom. The largest absolute Gasteiger partial charge is 0.489 e. The molecule has 0 aromatic heterocycles. The number of rotatable bonds is 5. The summed E-state index contributed by atoms with van der Waals surface area (Å²) in [6.07, 6.45) is 1.79. The molecule has 1 aliphatic heterocycles. The molecular formula is C13H25BCl2O2Si. The Labute approximate surface area is 128 Å². The normalized spacial score (nSPS) is 22.9. The quantitative estimate of drug-likeness (QED) is 0.420. The molecular weight excluding hydrogens is 298 g/mol. The fraction of sp³-hybridized carbons (Fsp3) is 0.846. The lowest BCUT2D eigenvalue weighted by molar-refractivity contribution is 0.00578. The Balaban J connectivity index is 2.93. The second-order valence-corrected chi connectivity index (χ2v) is 13.4. The predicted molar refractivity (Wildman–Crippen MR) is 87.5 cm³/mol. The van der Waals surface area contributed by atoms with Crippen molar-refractivity contribution in [2.24, 2.45) is 0 Å². The first-order valence-electron chi connectivity index (χ1n) is 6.81. The van der Waals surface area contributed by atoms with E-state index < -0.39 is 7.38 Å². The monoisotopic (exact) mass is 322 g/mol. The van der Waals surface area contributed by atoms with Crippen LogP contribution >= 0.6 is 22.7 Å². The summed E-state index contributed by atoms with van der Waals surface area (Å²) in [5, 5.41) is 0. The van der Waals surface area contributed by atoms with Gasteiger partial charge in [-0.15, -0.1) is 11.6 Å². The van der Waals surface area contributed by atoms with Gasteiger partial charge >= 0.3 is 7.12 Å². The third-order valence-corrected chi connectivity index (χ3v) is 5.34. The smallest absolute Gasteiger partial charge is 0.400 e. The molecule has 0 saturated carbocycles. The van der Waals surface area contributed by atoms with E-state index >= 15 is 0 Å². The van der Waals surface area contributed by atoms with Gasteiger partial charge in [0, 0.05) is 5.88 Å². The Morgan fingerprint density at radius 1 is 1.16 bits per heavy atom. The SMILES string of the molecule is CC1(C)OB(/C(=C\[Si](C)(C)Cl)CCCCl)OC1(C)C. The van der Waals surface area contributed by atoms with Crippen LogP contribution in [0.2, 0.25) is 13.1 Å². The first-order chi connectivity index (χ1) is 8.48. The highest BCUT2D eigenvalue weighted by Gasteiger charge is 2.52. The zero-order valence-electron chi connectivity index (χ0n) is 12.8. The summed E-state index contributed by atoms with van der Waals surface area (Å²) < 4.78 is 12.2.